The first-order valence-electron chi connectivity index (χ1n) is 12.8. The van der Waals surface area contributed by atoms with Crippen LogP contribution in [-0.2, 0) is 0 Å². The summed E-state index contributed by atoms with van der Waals surface area (Å²) in [6.07, 6.45) is 13.8. The van der Waals surface area contributed by atoms with Gasteiger partial charge < -0.3 is 0 Å². The Morgan fingerprint density at radius 1 is 0.667 bits per heavy atom. The van der Waals surface area contributed by atoms with Crippen LogP contribution in [0.2, 0.25) is 0 Å². The Balaban J connectivity index is 1.24. The summed E-state index contributed by atoms with van der Waals surface area (Å²) >= 11 is 0. The molecule has 0 aromatic heterocycles. The van der Waals surface area contributed by atoms with Gasteiger partial charge in [0.15, 0.2) is 5.84 Å². The van der Waals surface area contributed by atoms with E-state index in [1.165, 1.54) is 64.2 Å². The molecule has 8 fully saturated rings. The zero-order valence-corrected chi connectivity index (χ0v) is 18.1. The summed E-state index contributed by atoms with van der Waals surface area (Å²) in [4.78, 5) is 5.47. The van der Waals surface area contributed by atoms with E-state index >= 15 is 0 Å². The number of aliphatic imine (C=N–C) groups is 1. The standard InChI is InChI=1S/C27H36N2O/c30-29(26-23-12-18-7-19(14-23)15-24(26)13-18)27(20-4-2-1-3-5-20)28-25-21-8-16-6-17(10-21)11-22(25)9-16/h1-5,16-19,21-26,30H,6-15H2. The van der Waals surface area contributed by atoms with E-state index in [1.807, 2.05) is 0 Å². The van der Waals surface area contributed by atoms with Crippen LogP contribution in [0.25, 0.3) is 0 Å². The van der Waals surface area contributed by atoms with Crippen molar-refractivity contribution in [2.75, 3.05) is 0 Å². The number of benzene rings is 1. The van der Waals surface area contributed by atoms with Crippen molar-refractivity contribution in [3.8, 4) is 0 Å². The zero-order chi connectivity index (χ0) is 19.8. The molecule has 1 aromatic carbocycles. The first-order chi connectivity index (χ1) is 14.7. The lowest BCUT2D eigenvalue weighted by atomic mass is 9.54. The van der Waals surface area contributed by atoms with E-state index in [0.717, 1.165) is 46.9 Å². The summed E-state index contributed by atoms with van der Waals surface area (Å²) in [5, 5.41) is 13.5. The minimum Gasteiger partial charge on any atom is -0.287 e. The van der Waals surface area contributed by atoms with Crippen molar-refractivity contribution in [1.29, 1.82) is 0 Å². The van der Waals surface area contributed by atoms with Crippen LogP contribution in [0.1, 0.15) is 69.8 Å². The maximum absolute atomic E-state index is 11.8. The highest BCUT2D eigenvalue weighted by Crippen LogP contribution is 2.56. The summed E-state index contributed by atoms with van der Waals surface area (Å²) in [5.41, 5.74) is 1.11. The molecule has 0 spiro atoms. The Kier molecular flexibility index (Phi) is 4.15. The molecule has 3 heteroatoms. The van der Waals surface area contributed by atoms with E-state index in [9.17, 15) is 5.21 Å². The molecule has 0 radical (unpaired) electrons. The maximum atomic E-state index is 11.8. The molecule has 8 bridgehead atoms. The molecule has 9 rings (SSSR count). The molecule has 8 saturated carbocycles. The molecule has 8 aliphatic carbocycles. The number of hydrogen-bond acceptors (Lipinski definition) is 2. The minimum absolute atomic E-state index is 0.286. The molecule has 1 aromatic rings. The Morgan fingerprint density at radius 2 is 1.13 bits per heavy atom. The van der Waals surface area contributed by atoms with Gasteiger partial charge in [-0.2, -0.15) is 0 Å². The van der Waals surface area contributed by atoms with Gasteiger partial charge in [-0.1, -0.05) is 30.3 Å². The fraction of sp³-hybridized carbons (Fsp3) is 0.741. The predicted molar refractivity (Wildman–Crippen MR) is 118 cm³/mol. The fourth-order valence-corrected chi connectivity index (χ4v) is 9.54. The molecular formula is C27H36N2O. The van der Waals surface area contributed by atoms with Crippen molar-refractivity contribution in [3.05, 3.63) is 35.9 Å². The number of hydroxylamine groups is 2. The van der Waals surface area contributed by atoms with E-state index in [0.29, 0.717) is 17.9 Å². The highest BCUT2D eigenvalue weighted by Gasteiger charge is 2.52. The molecule has 0 amide bonds. The number of amidine groups is 1. The van der Waals surface area contributed by atoms with Crippen LogP contribution in [0.3, 0.4) is 0 Å². The second-order valence-electron chi connectivity index (χ2n) is 12.0. The Bertz CT molecular complexity index is 777. The Morgan fingerprint density at radius 3 is 1.63 bits per heavy atom. The fourth-order valence-electron chi connectivity index (χ4n) is 9.54. The topological polar surface area (TPSA) is 35.8 Å². The van der Waals surface area contributed by atoms with Crippen molar-refractivity contribution in [2.45, 2.75) is 76.3 Å². The Hall–Kier alpha value is -1.35. The highest BCUT2D eigenvalue weighted by atomic mass is 16.5. The van der Waals surface area contributed by atoms with Gasteiger partial charge in [0.2, 0.25) is 0 Å². The molecule has 0 saturated heterocycles. The van der Waals surface area contributed by atoms with Crippen molar-refractivity contribution in [2.24, 2.45) is 52.3 Å². The third-order valence-corrected chi connectivity index (χ3v) is 10.2. The molecule has 0 atom stereocenters. The predicted octanol–water partition coefficient (Wildman–Crippen LogP) is 5.77. The summed E-state index contributed by atoms with van der Waals surface area (Å²) in [6, 6.07) is 11.3. The summed E-state index contributed by atoms with van der Waals surface area (Å²) < 4.78 is 0. The largest absolute Gasteiger partial charge is 0.287 e. The second kappa shape index (κ2) is 6.82. The first kappa shape index (κ1) is 18.2. The molecule has 1 N–H and O–H groups in total. The van der Waals surface area contributed by atoms with Crippen LogP contribution in [0, 0.1) is 47.3 Å². The third-order valence-electron chi connectivity index (χ3n) is 10.2. The van der Waals surface area contributed by atoms with Crippen LogP contribution in [0.5, 0.6) is 0 Å². The van der Waals surface area contributed by atoms with Gasteiger partial charge in [-0.15, -0.1) is 0 Å². The van der Waals surface area contributed by atoms with Crippen molar-refractivity contribution >= 4 is 5.84 Å². The van der Waals surface area contributed by atoms with E-state index < -0.39 is 0 Å². The normalized spacial score (nSPS) is 48.4. The van der Waals surface area contributed by atoms with Gasteiger partial charge in [0.05, 0.1) is 12.1 Å². The van der Waals surface area contributed by atoms with Gasteiger partial charge in [-0.25, -0.2) is 5.06 Å². The first-order valence-corrected chi connectivity index (χ1v) is 12.8. The summed E-state index contributed by atoms with van der Waals surface area (Å²) in [5.74, 6) is 7.53. The SMILES string of the molecule is ON(C(=NC1C2CC3CC(C2)CC1C3)c1ccccc1)C1C2CC3CC(C2)CC1C3. The van der Waals surface area contributed by atoms with Gasteiger partial charge in [0, 0.05) is 5.56 Å². The number of nitrogens with zero attached hydrogens (tertiary/aromatic N) is 2. The van der Waals surface area contributed by atoms with E-state index in [-0.39, 0.29) is 6.04 Å². The van der Waals surface area contributed by atoms with Gasteiger partial charge >= 0.3 is 0 Å². The van der Waals surface area contributed by atoms with E-state index in [1.54, 1.807) is 5.06 Å². The van der Waals surface area contributed by atoms with Gasteiger partial charge in [-0.3, -0.25) is 10.2 Å². The van der Waals surface area contributed by atoms with Gasteiger partial charge in [0.25, 0.3) is 0 Å². The van der Waals surface area contributed by atoms with Crippen LogP contribution in [0.4, 0.5) is 0 Å². The van der Waals surface area contributed by atoms with Crippen molar-refractivity contribution in [3.63, 3.8) is 0 Å². The summed E-state index contributed by atoms with van der Waals surface area (Å²) in [7, 11) is 0. The van der Waals surface area contributed by atoms with E-state index in [4.69, 9.17) is 4.99 Å². The number of hydrogen-bond donors (Lipinski definition) is 1. The number of rotatable bonds is 3. The lowest BCUT2D eigenvalue weighted by molar-refractivity contribution is -0.149. The van der Waals surface area contributed by atoms with Crippen LogP contribution < -0.4 is 0 Å². The molecule has 0 heterocycles. The molecule has 0 aliphatic heterocycles. The quantitative estimate of drug-likeness (QED) is 0.394. The molecule has 0 unspecified atom stereocenters. The second-order valence-corrected chi connectivity index (χ2v) is 12.0. The van der Waals surface area contributed by atoms with Crippen LogP contribution in [-0.4, -0.2) is 28.2 Å². The smallest absolute Gasteiger partial charge is 0.155 e. The molecule has 30 heavy (non-hydrogen) atoms. The maximum Gasteiger partial charge on any atom is 0.155 e. The van der Waals surface area contributed by atoms with Gasteiger partial charge in [-0.05, 0) is 112 Å². The van der Waals surface area contributed by atoms with Crippen molar-refractivity contribution in [1.82, 2.24) is 5.06 Å². The average molecular weight is 405 g/mol. The molecular weight excluding hydrogens is 368 g/mol. The zero-order valence-electron chi connectivity index (χ0n) is 18.1. The Labute approximate surface area is 180 Å². The van der Waals surface area contributed by atoms with Crippen LogP contribution >= 0.6 is 0 Å². The lowest BCUT2D eigenvalue weighted by Crippen LogP contribution is -2.57. The lowest BCUT2D eigenvalue weighted by Gasteiger charge is -2.56. The van der Waals surface area contributed by atoms with Crippen LogP contribution in [0.15, 0.2) is 35.3 Å². The summed E-state index contributed by atoms with van der Waals surface area (Å²) in [6.45, 7) is 0. The van der Waals surface area contributed by atoms with Crippen molar-refractivity contribution < 1.29 is 5.21 Å². The minimum atomic E-state index is 0.286. The van der Waals surface area contributed by atoms with E-state index in [2.05, 4.69) is 30.3 Å². The molecule has 160 valence electrons. The monoisotopic (exact) mass is 404 g/mol. The average Bonchev–Trinajstić information content (AvgIpc) is 2.73. The van der Waals surface area contributed by atoms with Gasteiger partial charge in [0.1, 0.15) is 0 Å². The highest BCUT2D eigenvalue weighted by molar-refractivity contribution is 5.98. The third kappa shape index (κ3) is 2.83. The molecule has 8 aliphatic rings. The molecule has 3 nitrogen and oxygen atoms in total.